The second-order valence-corrected chi connectivity index (χ2v) is 15.5. The summed E-state index contributed by atoms with van der Waals surface area (Å²) in [7, 11) is 0. The number of Topliss-reactive ketones (excluding diaryl/α,β-unsaturated/α-hetero) is 1. The molecule has 2 N–H and O–H groups in total. The van der Waals surface area contributed by atoms with Crippen LogP contribution in [-0.2, 0) is 10.2 Å². The third kappa shape index (κ3) is 14.4. The van der Waals surface area contributed by atoms with Crippen molar-refractivity contribution in [1.82, 2.24) is 0 Å². The summed E-state index contributed by atoms with van der Waals surface area (Å²) < 4.78 is 6.09. The number of benzene rings is 2. The number of aromatic hydroxyl groups is 1. The number of rotatable bonds is 22. The van der Waals surface area contributed by atoms with E-state index in [1.54, 1.807) is 12.1 Å². The number of phenolic OH excluding ortho intramolecular Hbond substituents is 1. The average Bonchev–Trinajstić information content (AvgIpc) is 2.97. The van der Waals surface area contributed by atoms with Crippen LogP contribution in [0.15, 0.2) is 42.5 Å². The van der Waals surface area contributed by atoms with Crippen molar-refractivity contribution >= 4 is 5.78 Å². The van der Waals surface area contributed by atoms with Crippen molar-refractivity contribution in [3.05, 3.63) is 53.6 Å². The maximum Gasteiger partial charge on any atom is 0.231 e. The highest BCUT2D eigenvalue weighted by atomic mass is 16.6. The van der Waals surface area contributed by atoms with Crippen molar-refractivity contribution in [1.29, 1.82) is 0 Å². The third-order valence-corrected chi connectivity index (χ3v) is 8.73. The van der Waals surface area contributed by atoms with Crippen LogP contribution in [0.1, 0.15) is 174 Å². The Labute approximate surface area is 276 Å². The Morgan fingerprint density at radius 1 is 0.689 bits per heavy atom. The van der Waals surface area contributed by atoms with Gasteiger partial charge in [-0.1, -0.05) is 175 Å². The van der Waals surface area contributed by atoms with Crippen LogP contribution < -0.4 is 0 Å². The number of aliphatic hydroxyl groups is 1. The summed E-state index contributed by atoms with van der Waals surface area (Å²) in [5.41, 5.74) is 1.70. The van der Waals surface area contributed by atoms with Crippen LogP contribution in [0.3, 0.4) is 0 Å². The lowest BCUT2D eigenvalue weighted by Crippen LogP contribution is -2.45. The molecular weight excluding hydrogens is 556 g/mol. The molecule has 254 valence electrons. The number of hydrogen-bond acceptors (Lipinski definition) is 4. The number of ether oxygens (including phenoxy) is 1. The topological polar surface area (TPSA) is 66.8 Å². The van der Waals surface area contributed by atoms with Gasteiger partial charge in [-0.3, -0.25) is 4.79 Å². The lowest BCUT2D eigenvalue weighted by Gasteiger charge is -2.33. The van der Waals surface area contributed by atoms with E-state index in [4.69, 9.17) is 4.74 Å². The maximum absolute atomic E-state index is 14.1. The molecule has 0 amide bonds. The SMILES string of the molecule is CCCCCCCCCCCCCCCCCCOC(O)(CC(C)(C)C)C(=O)c1cc(-c2ccccc2)c(O)c(C(C)(C)C)c1. The predicted octanol–water partition coefficient (Wildman–Crippen LogP) is 11.9. The Bertz CT molecular complexity index is 1110. The fraction of sp³-hybridized carbons (Fsp3) is 0.683. The van der Waals surface area contributed by atoms with E-state index in [1.807, 2.05) is 71.9 Å². The molecule has 0 spiro atoms. The molecule has 0 heterocycles. The highest BCUT2D eigenvalue weighted by Crippen LogP contribution is 2.41. The quantitative estimate of drug-likeness (QED) is 0.0779. The van der Waals surface area contributed by atoms with Gasteiger partial charge in [0.15, 0.2) is 0 Å². The zero-order valence-corrected chi connectivity index (χ0v) is 30.0. The standard InChI is InChI=1S/C41H66O4/c1-8-9-10-11-12-13-14-15-16-17-18-19-20-21-22-26-29-45-41(44,32-39(2,3)4)38(43)34-30-35(33-27-24-23-25-28-33)37(42)36(31-34)40(5,6)7/h23-25,27-28,30-31,42,44H,8-22,26,29,32H2,1-7H3. The minimum Gasteiger partial charge on any atom is -0.507 e. The molecule has 0 bridgehead atoms. The summed E-state index contributed by atoms with van der Waals surface area (Å²) in [6.07, 6.45) is 20.9. The summed E-state index contributed by atoms with van der Waals surface area (Å²) >= 11 is 0. The minimum absolute atomic E-state index is 0.165. The fourth-order valence-electron chi connectivity index (χ4n) is 6.21. The van der Waals surface area contributed by atoms with Gasteiger partial charge in [0.25, 0.3) is 0 Å². The molecule has 2 aromatic carbocycles. The van der Waals surface area contributed by atoms with Crippen LogP contribution >= 0.6 is 0 Å². The van der Waals surface area contributed by atoms with E-state index < -0.39 is 17.0 Å². The largest absolute Gasteiger partial charge is 0.507 e. The lowest BCUT2D eigenvalue weighted by molar-refractivity contribution is -0.183. The van der Waals surface area contributed by atoms with E-state index in [0.29, 0.717) is 23.3 Å². The van der Waals surface area contributed by atoms with Crippen molar-refractivity contribution in [2.75, 3.05) is 6.61 Å². The third-order valence-electron chi connectivity index (χ3n) is 8.73. The molecule has 1 unspecified atom stereocenters. The van der Waals surface area contributed by atoms with E-state index in [9.17, 15) is 15.0 Å². The van der Waals surface area contributed by atoms with Crippen LogP contribution in [0.5, 0.6) is 5.75 Å². The van der Waals surface area contributed by atoms with Gasteiger partial charge >= 0.3 is 0 Å². The number of ketones is 1. The molecule has 0 aromatic heterocycles. The maximum atomic E-state index is 14.1. The summed E-state index contributed by atoms with van der Waals surface area (Å²) in [4.78, 5) is 14.1. The first-order chi connectivity index (χ1) is 21.3. The summed E-state index contributed by atoms with van der Waals surface area (Å²) in [5, 5.41) is 23.0. The second kappa shape index (κ2) is 19.5. The minimum atomic E-state index is -1.94. The zero-order valence-electron chi connectivity index (χ0n) is 30.0. The van der Waals surface area contributed by atoms with Crippen LogP contribution in [0.4, 0.5) is 0 Å². The van der Waals surface area contributed by atoms with Gasteiger partial charge < -0.3 is 14.9 Å². The van der Waals surface area contributed by atoms with Gasteiger partial charge in [0.1, 0.15) is 5.75 Å². The van der Waals surface area contributed by atoms with Gasteiger partial charge in [-0.15, -0.1) is 0 Å². The number of unbranched alkanes of at least 4 members (excludes halogenated alkanes) is 15. The van der Waals surface area contributed by atoms with E-state index in [2.05, 4.69) is 6.92 Å². The summed E-state index contributed by atoms with van der Waals surface area (Å²) in [5.74, 6) is -2.22. The van der Waals surface area contributed by atoms with Gasteiger partial charge in [-0.05, 0) is 34.9 Å². The van der Waals surface area contributed by atoms with Gasteiger partial charge in [0.2, 0.25) is 11.6 Å². The number of carbonyl (C=O) groups is 1. The molecule has 45 heavy (non-hydrogen) atoms. The van der Waals surface area contributed by atoms with Crippen molar-refractivity contribution < 1.29 is 19.7 Å². The summed E-state index contributed by atoms with van der Waals surface area (Å²) in [6, 6.07) is 13.0. The molecule has 0 fully saturated rings. The van der Waals surface area contributed by atoms with Crippen LogP contribution in [0.25, 0.3) is 11.1 Å². The van der Waals surface area contributed by atoms with Crippen molar-refractivity contribution in [3.8, 4) is 16.9 Å². The van der Waals surface area contributed by atoms with Crippen molar-refractivity contribution in [2.24, 2.45) is 5.41 Å². The Balaban J connectivity index is 1.89. The first-order valence-corrected chi connectivity index (χ1v) is 18.1. The first kappa shape index (κ1) is 39.0. The molecule has 0 saturated heterocycles. The van der Waals surface area contributed by atoms with E-state index >= 15 is 0 Å². The number of phenols is 1. The van der Waals surface area contributed by atoms with Crippen LogP contribution in [-0.4, -0.2) is 28.4 Å². The normalized spacial score (nSPS) is 13.6. The molecule has 1 atom stereocenters. The zero-order chi connectivity index (χ0) is 33.3. The predicted molar refractivity (Wildman–Crippen MR) is 191 cm³/mol. The van der Waals surface area contributed by atoms with Gasteiger partial charge in [-0.2, -0.15) is 0 Å². The Hall–Kier alpha value is -2.17. The van der Waals surface area contributed by atoms with Crippen molar-refractivity contribution in [2.45, 2.75) is 169 Å². The molecule has 0 radical (unpaired) electrons. The highest BCUT2D eigenvalue weighted by Gasteiger charge is 2.42. The van der Waals surface area contributed by atoms with Crippen LogP contribution in [0, 0.1) is 5.41 Å². The fourth-order valence-corrected chi connectivity index (χ4v) is 6.21. The molecular formula is C41H66O4. The van der Waals surface area contributed by atoms with E-state index in [-0.39, 0.29) is 17.6 Å². The van der Waals surface area contributed by atoms with E-state index in [0.717, 1.165) is 24.8 Å². The first-order valence-electron chi connectivity index (χ1n) is 18.1. The molecule has 0 aliphatic heterocycles. The Kier molecular flexibility index (Phi) is 16.9. The molecule has 4 nitrogen and oxygen atoms in total. The van der Waals surface area contributed by atoms with Gasteiger partial charge in [0.05, 0.1) is 6.61 Å². The molecule has 0 saturated carbocycles. The molecule has 2 aromatic rings. The van der Waals surface area contributed by atoms with Crippen LogP contribution in [0.2, 0.25) is 0 Å². The molecule has 4 heteroatoms. The lowest BCUT2D eigenvalue weighted by atomic mass is 9.80. The number of carbonyl (C=O) groups excluding carboxylic acids is 1. The molecule has 0 aliphatic carbocycles. The molecule has 0 aliphatic rings. The molecule has 2 rings (SSSR count). The monoisotopic (exact) mass is 622 g/mol. The van der Waals surface area contributed by atoms with Gasteiger partial charge in [0, 0.05) is 23.1 Å². The van der Waals surface area contributed by atoms with E-state index in [1.165, 1.54) is 83.5 Å². The Morgan fingerprint density at radius 2 is 1.16 bits per heavy atom. The van der Waals surface area contributed by atoms with Gasteiger partial charge in [-0.25, -0.2) is 0 Å². The average molecular weight is 623 g/mol. The number of hydrogen-bond donors (Lipinski definition) is 2. The summed E-state index contributed by atoms with van der Waals surface area (Å²) in [6.45, 7) is 14.7. The highest BCUT2D eigenvalue weighted by molar-refractivity contribution is 6.03. The van der Waals surface area contributed by atoms with Crippen molar-refractivity contribution in [3.63, 3.8) is 0 Å². The smallest absolute Gasteiger partial charge is 0.231 e. The second-order valence-electron chi connectivity index (χ2n) is 15.5. The Morgan fingerprint density at radius 3 is 1.60 bits per heavy atom.